The van der Waals surface area contributed by atoms with Crippen LogP contribution in [-0.4, -0.2) is 51.0 Å². The van der Waals surface area contributed by atoms with E-state index in [-0.39, 0.29) is 25.0 Å². The molecule has 8 heteroatoms. The molecule has 0 aliphatic carbocycles. The highest BCUT2D eigenvalue weighted by atomic mass is 16.6. The zero-order chi connectivity index (χ0) is 16.8. The molecular formula is C16H17NO7. The fourth-order valence-electron chi connectivity index (χ4n) is 2.12. The Bertz CT molecular complexity index is 643. The Labute approximate surface area is 138 Å². The number of rotatable bonds is 5. The van der Waals surface area contributed by atoms with Gasteiger partial charge in [0.25, 0.3) is 5.91 Å². The normalized spacial score (nSPS) is 18.5. The topological polar surface area (TPSA) is 92.3 Å². The van der Waals surface area contributed by atoms with Gasteiger partial charge in [-0.05, 0) is 12.1 Å². The molecule has 0 fully saturated rings. The second-order valence-electron chi connectivity index (χ2n) is 5.08. The largest absolute Gasteiger partial charge is 0.493 e. The van der Waals surface area contributed by atoms with Gasteiger partial charge in [-0.3, -0.25) is 4.79 Å². The summed E-state index contributed by atoms with van der Waals surface area (Å²) in [6.07, 6.45) is 0.867. The van der Waals surface area contributed by atoms with Gasteiger partial charge in [-0.2, -0.15) is 0 Å². The Morgan fingerprint density at radius 3 is 2.79 bits per heavy atom. The van der Waals surface area contributed by atoms with E-state index in [1.807, 2.05) is 18.2 Å². The summed E-state index contributed by atoms with van der Waals surface area (Å²) in [7, 11) is 0. The predicted molar refractivity (Wildman–Crippen MR) is 80.3 cm³/mol. The van der Waals surface area contributed by atoms with Gasteiger partial charge in [0.2, 0.25) is 5.76 Å². The maximum absolute atomic E-state index is 11.7. The number of hydrogen-bond donors (Lipinski definition) is 1. The highest BCUT2D eigenvalue weighted by Crippen LogP contribution is 2.30. The molecular weight excluding hydrogens is 318 g/mol. The molecule has 3 rings (SSSR count). The average molecular weight is 335 g/mol. The van der Waals surface area contributed by atoms with Crippen molar-refractivity contribution in [3.05, 3.63) is 36.3 Å². The summed E-state index contributed by atoms with van der Waals surface area (Å²) in [5.41, 5.74) is 0. The molecule has 2 aliphatic heterocycles. The van der Waals surface area contributed by atoms with E-state index in [9.17, 15) is 9.59 Å². The molecule has 1 N–H and O–H groups in total. The van der Waals surface area contributed by atoms with E-state index in [2.05, 4.69) is 5.32 Å². The van der Waals surface area contributed by atoms with Gasteiger partial charge < -0.3 is 29.0 Å². The lowest BCUT2D eigenvalue weighted by Crippen LogP contribution is -2.42. The van der Waals surface area contributed by atoms with Gasteiger partial charge in [0, 0.05) is 0 Å². The molecule has 0 radical (unpaired) electrons. The summed E-state index contributed by atoms with van der Waals surface area (Å²) >= 11 is 0. The molecule has 24 heavy (non-hydrogen) atoms. The molecule has 0 unspecified atom stereocenters. The summed E-state index contributed by atoms with van der Waals surface area (Å²) in [6, 6.07) is 7.31. The monoisotopic (exact) mass is 335 g/mol. The van der Waals surface area contributed by atoms with Crippen molar-refractivity contribution in [2.75, 3.05) is 33.0 Å². The number of nitrogens with one attached hydrogen (secondary N) is 1. The van der Waals surface area contributed by atoms with Crippen LogP contribution in [0, 0.1) is 0 Å². The zero-order valence-corrected chi connectivity index (χ0v) is 12.9. The molecule has 128 valence electrons. The van der Waals surface area contributed by atoms with Gasteiger partial charge in [0.1, 0.15) is 32.2 Å². The minimum atomic E-state index is -0.740. The summed E-state index contributed by atoms with van der Waals surface area (Å²) in [5, 5.41) is 2.63. The van der Waals surface area contributed by atoms with Crippen LogP contribution >= 0.6 is 0 Å². The van der Waals surface area contributed by atoms with Crippen LogP contribution in [0.3, 0.4) is 0 Å². The molecule has 1 atom stereocenters. The van der Waals surface area contributed by atoms with Crippen molar-refractivity contribution >= 4 is 11.9 Å². The van der Waals surface area contributed by atoms with Gasteiger partial charge in [0.15, 0.2) is 18.1 Å². The molecule has 1 amide bonds. The molecule has 0 aromatic heterocycles. The second-order valence-corrected chi connectivity index (χ2v) is 5.08. The maximum atomic E-state index is 11.7. The Morgan fingerprint density at radius 1 is 1.17 bits per heavy atom. The fourth-order valence-corrected chi connectivity index (χ4v) is 2.12. The van der Waals surface area contributed by atoms with Crippen molar-refractivity contribution in [1.29, 1.82) is 0 Å². The number of amides is 1. The molecule has 1 aromatic rings. The van der Waals surface area contributed by atoms with Crippen LogP contribution in [-0.2, 0) is 23.8 Å². The number of para-hydroxylation sites is 2. The number of ether oxygens (including phenoxy) is 5. The van der Waals surface area contributed by atoms with Crippen LogP contribution in [0.1, 0.15) is 0 Å². The van der Waals surface area contributed by atoms with E-state index >= 15 is 0 Å². The maximum Gasteiger partial charge on any atom is 0.377 e. The summed E-state index contributed by atoms with van der Waals surface area (Å²) < 4.78 is 26.1. The quantitative estimate of drug-likeness (QED) is 0.777. The van der Waals surface area contributed by atoms with Gasteiger partial charge >= 0.3 is 5.97 Å². The van der Waals surface area contributed by atoms with Crippen molar-refractivity contribution in [3.8, 4) is 11.5 Å². The molecule has 0 bridgehead atoms. The lowest BCUT2D eigenvalue weighted by molar-refractivity contribution is -0.149. The lowest BCUT2D eigenvalue weighted by Gasteiger charge is -2.26. The first kappa shape index (κ1) is 16.0. The number of carbonyl (C=O) groups is 2. The number of fused-ring (bicyclic) bond motifs is 1. The summed E-state index contributed by atoms with van der Waals surface area (Å²) in [4.78, 5) is 23.4. The molecule has 8 nitrogen and oxygen atoms in total. The van der Waals surface area contributed by atoms with Crippen LogP contribution < -0.4 is 14.8 Å². The van der Waals surface area contributed by atoms with Crippen LogP contribution in [0.4, 0.5) is 0 Å². The van der Waals surface area contributed by atoms with Gasteiger partial charge in [-0.15, -0.1) is 0 Å². The average Bonchev–Trinajstić information content (AvgIpc) is 2.65. The Kier molecular flexibility index (Phi) is 5.05. The van der Waals surface area contributed by atoms with Crippen LogP contribution in [0.15, 0.2) is 36.3 Å². The standard InChI is InChI=1S/C16H17NO7/c18-15(10-23-16(19)14-9-20-5-6-21-14)17-7-11-8-22-12-3-1-2-4-13(12)24-11/h1-4,9,11H,5-8,10H2,(H,17,18)/t11-/m1/s1. The number of benzene rings is 1. The minimum Gasteiger partial charge on any atom is -0.493 e. The summed E-state index contributed by atoms with van der Waals surface area (Å²) in [5.74, 6) is 0.0848. The first-order valence-corrected chi connectivity index (χ1v) is 7.49. The molecule has 2 aliphatic rings. The van der Waals surface area contributed by atoms with Crippen LogP contribution in [0.25, 0.3) is 0 Å². The zero-order valence-electron chi connectivity index (χ0n) is 12.9. The van der Waals surface area contributed by atoms with E-state index in [1.165, 1.54) is 6.26 Å². The fraction of sp³-hybridized carbons (Fsp3) is 0.375. The summed E-state index contributed by atoms with van der Waals surface area (Å²) in [6.45, 7) is 0.809. The Hall–Kier alpha value is -2.90. The van der Waals surface area contributed by atoms with Crippen LogP contribution in [0.2, 0.25) is 0 Å². The van der Waals surface area contributed by atoms with Crippen molar-refractivity contribution in [2.24, 2.45) is 0 Å². The smallest absolute Gasteiger partial charge is 0.377 e. The van der Waals surface area contributed by atoms with E-state index in [0.29, 0.717) is 24.7 Å². The first-order valence-electron chi connectivity index (χ1n) is 7.49. The molecule has 1 aromatic carbocycles. The van der Waals surface area contributed by atoms with Gasteiger partial charge in [0.05, 0.1) is 6.54 Å². The van der Waals surface area contributed by atoms with Crippen molar-refractivity contribution in [2.45, 2.75) is 6.10 Å². The minimum absolute atomic E-state index is 0.0466. The molecule has 2 heterocycles. The molecule has 0 spiro atoms. The van der Waals surface area contributed by atoms with Crippen LogP contribution in [0.5, 0.6) is 11.5 Å². The lowest BCUT2D eigenvalue weighted by atomic mass is 10.2. The van der Waals surface area contributed by atoms with E-state index in [4.69, 9.17) is 23.7 Å². The number of esters is 1. The number of carbonyl (C=O) groups excluding carboxylic acids is 2. The van der Waals surface area contributed by atoms with Gasteiger partial charge in [-0.1, -0.05) is 12.1 Å². The first-order chi connectivity index (χ1) is 11.7. The Morgan fingerprint density at radius 2 is 2.00 bits per heavy atom. The van der Waals surface area contributed by atoms with Crippen molar-refractivity contribution in [1.82, 2.24) is 5.32 Å². The van der Waals surface area contributed by atoms with Crippen molar-refractivity contribution < 1.29 is 33.3 Å². The highest BCUT2D eigenvalue weighted by Gasteiger charge is 2.22. The highest BCUT2D eigenvalue weighted by molar-refractivity contribution is 5.88. The van der Waals surface area contributed by atoms with E-state index in [1.54, 1.807) is 6.07 Å². The van der Waals surface area contributed by atoms with E-state index < -0.39 is 18.5 Å². The van der Waals surface area contributed by atoms with E-state index in [0.717, 1.165) is 0 Å². The second kappa shape index (κ2) is 7.58. The SMILES string of the molecule is O=C(COC(=O)C1=COCCO1)NC[C@@H]1COc2ccccc2O1. The molecule has 0 saturated carbocycles. The predicted octanol–water partition coefficient (Wildman–Crippen LogP) is 0.374. The Balaban J connectivity index is 1.38. The molecule has 0 saturated heterocycles. The van der Waals surface area contributed by atoms with Crippen molar-refractivity contribution in [3.63, 3.8) is 0 Å². The van der Waals surface area contributed by atoms with Gasteiger partial charge in [-0.25, -0.2) is 4.79 Å². The third-order valence-electron chi connectivity index (χ3n) is 3.28. The number of hydrogen-bond acceptors (Lipinski definition) is 7. The third-order valence-corrected chi connectivity index (χ3v) is 3.28. The third kappa shape index (κ3) is 4.09.